The first-order chi connectivity index (χ1) is 11.3. The van der Waals surface area contributed by atoms with Crippen LogP contribution in [0.1, 0.15) is 42.2 Å². The number of rotatable bonds is 9. The standard InChI is InChI=1S/C19H25N3O/c1-2-3-7-12-20-17-11-14-21-18(15-17)19(23)22-13-10-16-8-5-4-6-9-16/h4-6,8-9,11,14-15H,2-3,7,10,12-13H2,1H3,(H,20,21)(H,22,23). The SMILES string of the molecule is CCCCCNc1ccnc(C(=O)NCCc2ccccc2)c1. The van der Waals surface area contributed by atoms with E-state index in [1.807, 2.05) is 30.3 Å². The Morgan fingerprint density at radius 1 is 1.09 bits per heavy atom. The fourth-order valence-electron chi connectivity index (χ4n) is 2.33. The maximum atomic E-state index is 12.2. The van der Waals surface area contributed by atoms with Gasteiger partial charge in [0.15, 0.2) is 0 Å². The van der Waals surface area contributed by atoms with Crippen LogP contribution < -0.4 is 10.6 Å². The molecule has 0 saturated heterocycles. The molecular weight excluding hydrogens is 286 g/mol. The summed E-state index contributed by atoms with van der Waals surface area (Å²) < 4.78 is 0. The van der Waals surface area contributed by atoms with Gasteiger partial charge in [0, 0.05) is 25.0 Å². The summed E-state index contributed by atoms with van der Waals surface area (Å²) in [5.41, 5.74) is 2.62. The van der Waals surface area contributed by atoms with E-state index in [1.165, 1.54) is 18.4 Å². The van der Waals surface area contributed by atoms with Gasteiger partial charge in [0.1, 0.15) is 5.69 Å². The average molecular weight is 311 g/mol. The fraction of sp³-hybridized carbons (Fsp3) is 0.368. The molecule has 0 atom stereocenters. The summed E-state index contributed by atoms with van der Waals surface area (Å²) in [6.45, 7) is 3.72. The minimum absolute atomic E-state index is 0.127. The van der Waals surface area contributed by atoms with Crippen LogP contribution in [-0.2, 0) is 6.42 Å². The summed E-state index contributed by atoms with van der Waals surface area (Å²) in [7, 11) is 0. The van der Waals surface area contributed by atoms with Gasteiger partial charge in [-0.2, -0.15) is 0 Å². The molecule has 4 heteroatoms. The van der Waals surface area contributed by atoms with Crippen LogP contribution in [0.2, 0.25) is 0 Å². The Balaban J connectivity index is 1.79. The third-order valence-corrected chi connectivity index (χ3v) is 3.64. The number of aromatic nitrogens is 1. The lowest BCUT2D eigenvalue weighted by molar-refractivity contribution is 0.0949. The lowest BCUT2D eigenvalue weighted by atomic mass is 10.1. The lowest BCUT2D eigenvalue weighted by Gasteiger charge is -2.08. The van der Waals surface area contributed by atoms with E-state index in [1.54, 1.807) is 6.20 Å². The average Bonchev–Trinajstić information content (AvgIpc) is 2.60. The Morgan fingerprint density at radius 3 is 2.70 bits per heavy atom. The van der Waals surface area contributed by atoms with Gasteiger partial charge in [0.25, 0.3) is 5.91 Å². The van der Waals surface area contributed by atoms with E-state index in [0.29, 0.717) is 12.2 Å². The molecule has 122 valence electrons. The van der Waals surface area contributed by atoms with Crippen molar-refractivity contribution < 1.29 is 4.79 Å². The predicted molar refractivity (Wildman–Crippen MR) is 94.7 cm³/mol. The Kier molecular flexibility index (Phi) is 7.11. The first-order valence-corrected chi connectivity index (χ1v) is 8.31. The molecule has 0 aliphatic heterocycles. The molecule has 4 nitrogen and oxygen atoms in total. The minimum Gasteiger partial charge on any atom is -0.385 e. The number of unbranched alkanes of at least 4 members (excludes halogenated alkanes) is 2. The summed E-state index contributed by atoms with van der Waals surface area (Å²) in [5.74, 6) is -0.127. The van der Waals surface area contributed by atoms with E-state index in [0.717, 1.165) is 25.1 Å². The van der Waals surface area contributed by atoms with Crippen molar-refractivity contribution in [1.29, 1.82) is 0 Å². The van der Waals surface area contributed by atoms with Crippen LogP contribution in [0.4, 0.5) is 5.69 Å². The molecule has 23 heavy (non-hydrogen) atoms. The summed E-state index contributed by atoms with van der Waals surface area (Å²) >= 11 is 0. The number of benzene rings is 1. The van der Waals surface area contributed by atoms with E-state index in [4.69, 9.17) is 0 Å². The van der Waals surface area contributed by atoms with Crippen LogP contribution in [-0.4, -0.2) is 24.0 Å². The van der Waals surface area contributed by atoms with E-state index >= 15 is 0 Å². The maximum Gasteiger partial charge on any atom is 0.269 e. The van der Waals surface area contributed by atoms with E-state index in [9.17, 15) is 4.79 Å². The second-order valence-electron chi connectivity index (χ2n) is 5.56. The monoisotopic (exact) mass is 311 g/mol. The lowest BCUT2D eigenvalue weighted by Crippen LogP contribution is -2.26. The second kappa shape index (κ2) is 9.62. The van der Waals surface area contributed by atoms with Crippen LogP contribution in [0.3, 0.4) is 0 Å². The van der Waals surface area contributed by atoms with Gasteiger partial charge in [-0.05, 0) is 30.5 Å². The highest BCUT2D eigenvalue weighted by Crippen LogP contribution is 2.08. The van der Waals surface area contributed by atoms with Gasteiger partial charge in [-0.15, -0.1) is 0 Å². The minimum atomic E-state index is -0.127. The van der Waals surface area contributed by atoms with Crippen molar-refractivity contribution in [3.05, 3.63) is 59.9 Å². The molecule has 0 unspecified atom stereocenters. The van der Waals surface area contributed by atoms with Crippen LogP contribution in [0, 0.1) is 0 Å². The summed E-state index contributed by atoms with van der Waals surface area (Å²) in [4.78, 5) is 16.3. The first-order valence-electron chi connectivity index (χ1n) is 8.31. The van der Waals surface area contributed by atoms with Crippen LogP contribution in [0.25, 0.3) is 0 Å². The van der Waals surface area contributed by atoms with Crippen LogP contribution in [0.15, 0.2) is 48.7 Å². The second-order valence-corrected chi connectivity index (χ2v) is 5.56. The highest BCUT2D eigenvalue weighted by Gasteiger charge is 2.07. The molecule has 1 amide bonds. The molecule has 1 aromatic carbocycles. The number of carbonyl (C=O) groups excluding carboxylic acids is 1. The maximum absolute atomic E-state index is 12.2. The third-order valence-electron chi connectivity index (χ3n) is 3.64. The molecule has 0 spiro atoms. The molecule has 0 fully saturated rings. The first kappa shape index (κ1) is 17.0. The third kappa shape index (κ3) is 6.10. The van der Waals surface area contributed by atoms with Crippen molar-refractivity contribution in [3.8, 4) is 0 Å². The Bertz CT molecular complexity index is 599. The zero-order valence-corrected chi connectivity index (χ0v) is 13.7. The number of nitrogens with one attached hydrogen (secondary N) is 2. The highest BCUT2D eigenvalue weighted by atomic mass is 16.1. The molecule has 0 aliphatic rings. The fourth-order valence-corrected chi connectivity index (χ4v) is 2.33. The molecule has 2 aromatic rings. The summed E-state index contributed by atoms with van der Waals surface area (Å²) in [6, 6.07) is 13.8. The van der Waals surface area contributed by atoms with Crippen molar-refractivity contribution in [2.24, 2.45) is 0 Å². The van der Waals surface area contributed by atoms with Gasteiger partial charge in [-0.25, -0.2) is 0 Å². The Labute approximate surface area is 138 Å². The Hall–Kier alpha value is -2.36. The molecule has 2 N–H and O–H groups in total. The van der Waals surface area contributed by atoms with Gasteiger partial charge in [-0.3, -0.25) is 9.78 Å². The normalized spacial score (nSPS) is 10.3. The van der Waals surface area contributed by atoms with E-state index in [2.05, 4.69) is 34.7 Å². The van der Waals surface area contributed by atoms with Gasteiger partial charge in [0.2, 0.25) is 0 Å². The number of nitrogens with zero attached hydrogens (tertiary/aromatic N) is 1. The number of anilines is 1. The largest absolute Gasteiger partial charge is 0.385 e. The topological polar surface area (TPSA) is 54.0 Å². The molecular formula is C19H25N3O. The van der Waals surface area contributed by atoms with E-state index in [-0.39, 0.29) is 5.91 Å². The molecule has 2 rings (SSSR count). The van der Waals surface area contributed by atoms with Gasteiger partial charge in [-0.1, -0.05) is 50.1 Å². The molecule has 0 radical (unpaired) electrons. The number of amides is 1. The van der Waals surface area contributed by atoms with Crippen molar-refractivity contribution in [1.82, 2.24) is 10.3 Å². The zero-order valence-electron chi connectivity index (χ0n) is 13.7. The van der Waals surface area contributed by atoms with Crippen molar-refractivity contribution in [2.75, 3.05) is 18.4 Å². The molecule has 0 saturated carbocycles. The van der Waals surface area contributed by atoms with Crippen molar-refractivity contribution in [2.45, 2.75) is 32.6 Å². The summed E-state index contributed by atoms with van der Waals surface area (Å²) in [6.07, 6.45) is 6.05. The van der Waals surface area contributed by atoms with Crippen LogP contribution >= 0.6 is 0 Å². The number of pyridine rings is 1. The number of hydrogen-bond acceptors (Lipinski definition) is 3. The molecule has 0 aliphatic carbocycles. The quantitative estimate of drug-likeness (QED) is 0.695. The van der Waals surface area contributed by atoms with Gasteiger partial charge < -0.3 is 10.6 Å². The van der Waals surface area contributed by atoms with Crippen molar-refractivity contribution in [3.63, 3.8) is 0 Å². The smallest absolute Gasteiger partial charge is 0.269 e. The highest BCUT2D eigenvalue weighted by molar-refractivity contribution is 5.93. The predicted octanol–water partition coefficient (Wildman–Crippen LogP) is 3.66. The zero-order chi connectivity index (χ0) is 16.3. The van der Waals surface area contributed by atoms with Gasteiger partial charge >= 0.3 is 0 Å². The van der Waals surface area contributed by atoms with Gasteiger partial charge in [0.05, 0.1) is 0 Å². The van der Waals surface area contributed by atoms with E-state index < -0.39 is 0 Å². The molecule has 0 bridgehead atoms. The number of carbonyl (C=O) groups is 1. The van der Waals surface area contributed by atoms with Crippen LogP contribution in [0.5, 0.6) is 0 Å². The number of hydrogen-bond donors (Lipinski definition) is 2. The molecule has 1 heterocycles. The Morgan fingerprint density at radius 2 is 1.91 bits per heavy atom. The molecule has 1 aromatic heterocycles. The summed E-state index contributed by atoms with van der Waals surface area (Å²) in [5, 5.41) is 6.26. The van der Waals surface area contributed by atoms with Crippen molar-refractivity contribution >= 4 is 11.6 Å².